The van der Waals surface area contributed by atoms with Crippen LogP contribution in [-0.4, -0.2) is 44.3 Å². The molecule has 1 rings (SSSR count). The van der Waals surface area contributed by atoms with Crippen LogP contribution in [0.1, 0.15) is 34.1 Å². The molecular formula is C19H31N3O3. The Labute approximate surface area is 150 Å². The quantitative estimate of drug-likeness (QED) is 0.637. The number of benzene rings is 1. The smallest absolute Gasteiger partial charge is 0.407 e. The number of hydrogen-bond acceptors (Lipinski definition) is 4. The van der Waals surface area contributed by atoms with Crippen LogP contribution < -0.4 is 15.5 Å². The van der Waals surface area contributed by atoms with E-state index >= 15 is 0 Å². The first-order valence-electron chi connectivity index (χ1n) is 9.00. The van der Waals surface area contributed by atoms with E-state index in [2.05, 4.69) is 34.6 Å². The summed E-state index contributed by atoms with van der Waals surface area (Å²) in [7, 11) is 0. The van der Waals surface area contributed by atoms with Crippen LogP contribution in [0.25, 0.3) is 0 Å². The summed E-state index contributed by atoms with van der Waals surface area (Å²) in [6.45, 7) is 10.3. The van der Waals surface area contributed by atoms with E-state index in [4.69, 9.17) is 4.74 Å². The summed E-state index contributed by atoms with van der Waals surface area (Å²) in [5.74, 6) is -0.188. The number of alkyl carbamates (subject to hydrolysis) is 1. The minimum Gasteiger partial charge on any atom is -0.450 e. The Morgan fingerprint density at radius 2 is 1.84 bits per heavy atom. The lowest BCUT2D eigenvalue weighted by Crippen LogP contribution is -2.50. The van der Waals surface area contributed by atoms with Gasteiger partial charge < -0.3 is 20.3 Å². The Hall–Kier alpha value is -2.24. The van der Waals surface area contributed by atoms with Gasteiger partial charge in [0.05, 0.1) is 6.61 Å². The van der Waals surface area contributed by atoms with Crippen LogP contribution in [-0.2, 0) is 9.53 Å². The zero-order valence-corrected chi connectivity index (χ0v) is 15.7. The summed E-state index contributed by atoms with van der Waals surface area (Å²) in [5.41, 5.74) is 1.18. The average molecular weight is 349 g/mol. The second-order valence-electron chi connectivity index (χ2n) is 6.15. The summed E-state index contributed by atoms with van der Waals surface area (Å²) in [5, 5.41) is 5.53. The van der Waals surface area contributed by atoms with E-state index in [-0.39, 0.29) is 18.4 Å². The van der Waals surface area contributed by atoms with Crippen molar-refractivity contribution in [3.05, 3.63) is 30.3 Å². The van der Waals surface area contributed by atoms with Crippen LogP contribution in [0.3, 0.4) is 0 Å². The van der Waals surface area contributed by atoms with Gasteiger partial charge in [-0.2, -0.15) is 0 Å². The zero-order chi connectivity index (χ0) is 18.7. The number of para-hydroxylation sites is 1. The van der Waals surface area contributed by atoms with Crippen molar-refractivity contribution in [2.75, 3.05) is 31.1 Å². The maximum atomic E-state index is 12.3. The Kier molecular flexibility index (Phi) is 9.43. The number of carbonyl (C=O) groups excluding carboxylic acids is 2. The molecule has 0 aliphatic rings. The van der Waals surface area contributed by atoms with Crippen LogP contribution in [0.2, 0.25) is 0 Å². The van der Waals surface area contributed by atoms with Gasteiger partial charge in [0.1, 0.15) is 6.04 Å². The third kappa shape index (κ3) is 7.45. The van der Waals surface area contributed by atoms with Gasteiger partial charge >= 0.3 is 6.09 Å². The van der Waals surface area contributed by atoms with Gasteiger partial charge in [0.2, 0.25) is 5.91 Å². The minimum absolute atomic E-state index is 0.0131. The van der Waals surface area contributed by atoms with Gasteiger partial charge in [-0.3, -0.25) is 4.79 Å². The Balaban J connectivity index is 2.42. The molecule has 0 saturated carbocycles. The third-order valence-electron chi connectivity index (χ3n) is 3.91. The van der Waals surface area contributed by atoms with E-state index < -0.39 is 12.1 Å². The fraction of sp³-hybridized carbons (Fsp3) is 0.579. The predicted octanol–water partition coefficient (Wildman–Crippen LogP) is 2.79. The van der Waals surface area contributed by atoms with Crippen molar-refractivity contribution in [2.24, 2.45) is 5.92 Å². The molecule has 0 aliphatic heterocycles. The minimum atomic E-state index is -0.588. The number of hydrogen-bond donors (Lipinski definition) is 2. The first-order chi connectivity index (χ1) is 12.0. The normalized spacial score (nSPS) is 11.7. The summed E-state index contributed by atoms with van der Waals surface area (Å²) in [6, 6.07) is 9.62. The highest BCUT2D eigenvalue weighted by Crippen LogP contribution is 2.12. The Morgan fingerprint density at radius 1 is 1.16 bits per heavy atom. The van der Waals surface area contributed by atoms with Gasteiger partial charge in [0.15, 0.2) is 0 Å². The molecule has 2 amide bonds. The summed E-state index contributed by atoms with van der Waals surface area (Å²) in [6.07, 6.45) is 0.274. The highest BCUT2D eigenvalue weighted by Gasteiger charge is 2.24. The topological polar surface area (TPSA) is 70.7 Å². The molecule has 2 N–H and O–H groups in total. The highest BCUT2D eigenvalue weighted by molar-refractivity contribution is 5.85. The predicted molar refractivity (Wildman–Crippen MR) is 101 cm³/mol. The van der Waals surface area contributed by atoms with Crippen molar-refractivity contribution in [3.63, 3.8) is 0 Å². The lowest BCUT2D eigenvalue weighted by atomic mass is 10.0. The van der Waals surface area contributed by atoms with Crippen LogP contribution in [0, 0.1) is 5.92 Å². The monoisotopic (exact) mass is 349 g/mol. The zero-order valence-electron chi connectivity index (χ0n) is 15.7. The molecule has 1 unspecified atom stereocenters. The fourth-order valence-electron chi connectivity index (χ4n) is 2.53. The van der Waals surface area contributed by atoms with Gasteiger partial charge in [-0.05, 0) is 38.3 Å². The summed E-state index contributed by atoms with van der Waals surface area (Å²) >= 11 is 0. The molecule has 0 bridgehead atoms. The van der Waals surface area contributed by atoms with Crippen LogP contribution >= 0.6 is 0 Å². The van der Waals surface area contributed by atoms with Crippen molar-refractivity contribution < 1.29 is 14.3 Å². The van der Waals surface area contributed by atoms with E-state index in [1.165, 1.54) is 5.69 Å². The van der Waals surface area contributed by atoms with Crippen molar-refractivity contribution in [1.29, 1.82) is 0 Å². The van der Waals surface area contributed by atoms with E-state index in [9.17, 15) is 9.59 Å². The van der Waals surface area contributed by atoms with Crippen LogP contribution in [0.4, 0.5) is 10.5 Å². The SMILES string of the molecule is CCOC(=O)NC(C(=O)NCCCN(CC)c1ccccc1)C(C)C. The number of nitrogens with zero attached hydrogens (tertiary/aromatic N) is 1. The second-order valence-corrected chi connectivity index (χ2v) is 6.15. The molecule has 0 saturated heterocycles. The molecule has 1 aromatic carbocycles. The van der Waals surface area contributed by atoms with Crippen LogP contribution in [0.5, 0.6) is 0 Å². The molecule has 0 aromatic heterocycles. The molecule has 1 aromatic rings. The number of ether oxygens (including phenoxy) is 1. The first-order valence-corrected chi connectivity index (χ1v) is 9.00. The van der Waals surface area contributed by atoms with Gasteiger partial charge in [-0.15, -0.1) is 0 Å². The van der Waals surface area contributed by atoms with Gasteiger partial charge in [-0.1, -0.05) is 32.0 Å². The second kappa shape index (κ2) is 11.3. The maximum absolute atomic E-state index is 12.3. The molecule has 0 radical (unpaired) electrons. The first kappa shape index (κ1) is 20.8. The molecule has 6 nitrogen and oxygen atoms in total. The molecule has 0 aliphatic carbocycles. The van der Waals surface area contributed by atoms with Gasteiger partial charge in [-0.25, -0.2) is 4.79 Å². The molecular weight excluding hydrogens is 318 g/mol. The Bertz CT molecular complexity index is 520. The number of rotatable bonds is 10. The lowest BCUT2D eigenvalue weighted by Gasteiger charge is -2.24. The highest BCUT2D eigenvalue weighted by atomic mass is 16.5. The maximum Gasteiger partial charge on any atom is 0.407 e. The summed E-state index contributed by atoms with van der Waals surface area (Å²) < 4.78 is 4.86. The van der Waals surface area contributed by atoms with E-state index in [1.807, 2.05) is 32.0 Å². The Morgan fingerprint density at radius 3 is 2.40 bits per heavy atom. The lowest BCUT2D eigenvalue weighted by molar-refractivity contribution is -0.124. The molecule has 1 atom stereocenters. The molecule has 6 heteroatoms. The van der Waals surface area contributed by atoms with Gasteiger partial charge in [0.25, 0.3) is 0 Å². The molecule has 0 heterocycles. The molecule has 0 spiro atoms. The van der Waals surface area contributed by atoms with E-state index in [0.29, 0.717) is 6.54 Å². The number of anilines is 1. The molecule has 140 valence electrons. The van der Waals surface area contributed by atoms with Crippen molar-refractivity contribution in [1.82, 2.24) is 10.6 Å². The van der Waals surface area contributed by atoms with Crippen molar-refractivity contribution >= 4 is 17.7 Å². The summed E-state index contributed by atoms with van der Waals surface area (Å²) in [4.78, 5) is 26.1. The van der Waals surface area contributed by atoms with Crippen LogP contribution in [0.15, 0.2) is 30.3 Å². The third-order valence-corrected chi connectivity index (χ3v) is 3.91. The molecule has 0 fully saturated rings. The van der Waals surface area contributed by atoms with Crippen molar-refractivity contribution in [2.45, 2.75) is 40.2 Å². The number of carbonyl (C=O) groups is 2. The average Bonchev–Trinajstić information content (AvgIpc) is 2.60. The number of nitrogens with one attached hydrogen (secondary N) is 2. The standard InChI is InChI=1S/C19H31N3O3/c1-5-22(16-11-8-7-9-12-16)14-10-13-20-18(23)17(15(3)4)21-19(24)25-6-2/h7-9,11-12,15,17H,5-6,10,13-14H2,1-4H3,(H,20,23)(H,21,24). The van der Waals surface area contributed by atoms with Gasteiger partial charge in [0, 0.05) is 25.3 Å². The van der Waals surface area contributed by atoms with Crippen molar-refractivity contribution in [3.8, 4) is 0 Å². The number of amides is 2. The van der Waals surface area contributed by atoms with E-state index in [0.717, 1.165) is 19.5 Å². The van der Waals surface area contributed by atoms with E-state index in [1.54, 1.807) is 6.92 Å². The molecule has 25 heavy (non-hydrogen) atoms. The fourth-order valence-corrected chi connectivity index (χ4v) is 2.53. The largest absolute Gasteiger partial charge is 0.450 e.